The number of rotatable bonds is 7. The highest BCUT2D eigenvalue weighted by Gasteiger charge is 2.28. The quantitative estimate of drug-likeness (QED) is 0.557. The zero-order valence-electron chi connectivity index (χ0n) is 12.0. The molecule has 0 aromatic heterocycles. The van der Waals surface area contributed by atoms with Crippen molar-refractivity contribution in [3.8, 4) is 11.5 Å². The largest absolute Gasteiger partial charge is 0.496 e. The van der Waals surface area contributed by atoms with E-state index in [4.69, 9.17) is 9.47 Å². The maximum atomic E-state index is 11.2. The van der Waals surface area contributed by atoms with Gasteiger partial charge in [0, 0.05) is 5.56 Å². The Morgan fingerprint density at radius 3 is 2.10 bits per heavy atom. The highest BCUT2D eigenvalue weighted by Crippen LogP contribution is 2.37. The van der Waals surface area contributed by atoms with Gasteiger partial charge in [0.15, 0.2) is 0 Å². The average molecular weight is 298 g/mol. The van der Waals surface area contributed by atoms with E-state index in [-0.39, 0.29) is 23.5 Å². The molecule has 0 spiro atoms. The zero-order chi connectivity index (χ0) is 16.0. The predicted octanol–water partition coefficient (Wildman–Crippen LogP) is 0.474. The summed E-state index contributed by atoms with van der Waals surface area (Å²) in [4.78, 5) is 22.0. The Labute approximate surface area is 122 Å². The van der Waals surface area contributed by atoms with Crippen LogP contribution in [0, 0.1) is 0 Å². The van der Waals surface area contributed by atoms with Crippen molar-refractivity contribution in [3.05, 3.63) is 23.3 Å². The van der Waals surface area contributed by atoms with Crippen molar-refractivity contribution >= 4 is 12.3 Å². The predicted molar refractivity (Wildman–Crippen MR) is 72.5 cm³/mol. The van der Waals surface area contributed by atoms with Crippen molar-refractivity contribution in [3.63, 3.8) is 0 Å². The van der Waals surface area contributed by atoms with Crippen LogP contribution in [0.25, 0.3) is 0 Å². The number of carbonyl (C=O) groups is 2. The van der Waals surface area contributed by atoms with Crippen LogP contribution < -0.4 is 9.47 Å². The Hall–Kier alpha value is -2.12. The molecule has 0 amide bonds. The summed E-state index contributed by atoms with van der Waals surface area (Å²) in [7, 11) is 3.89. The van der Waals surface area contributed by atoms with Gasteiger partial charge in [0.05, 0.1) is 39.4 Å². The lowest BCUT2D eigenvalue weighted by Crippen LogP contribution is -2.23. The molecule has 0 fully saturated rings. The second kappa shape index (κ2) is 7.61. The number of hydrogen-bond acceptors (Lipinski definition) is 7. The Morgan fingerprint density at radius 2 is 1.71 bits per heavy atom. The molecule has 1 aromatic carbocycles. The van der Waals surface area contributed by atoms with E-state index in [1.165, 1.54) is 33.5 Å². The smallest absolute Gasteiger partial charge is 0.308 e. The second-order valence-electron chi connectivity index (χ2n) is 4.25. The van der Waals surface area contributed by atoms with Crippen LogP contribution >= 0.6 is 0 Å². The zero-order valence-corrected chi connectivity index (χ0v) is 12.0. The summed E-state index contributed by atoms with van der Waals surface area (Å²) in [5.74, 6) is -0.315. The van der Waals surface area contributed by atoms with Crippen molar-refractivity contribution < 1.29 is 34.0 Å². The maximum absolute atomic E-state index is 11.2. The molecular formula is C14H18O7. The molecule has 1 rings (SSSR count). The first-order valence-electron chi connectivity index (χ1n) is 6.12. The molecule has 2 unspecified atom stereocenters. The first-order valence-corrected chi connectivity index (χ1v) is 6.12. The number of ether oxygens (including phenoxy) is 3. The van der Waals surface area contributed by atoms with E-state index in [2.05, 4.69) is 4.74 Å². The van der Waals surface area contributed by atoms with Crippen molar-refractivity contribution in [2.75, 3.05) is 21.3 Å². The van der Waals surface area contributed by atoms with Gasteiger partial charge < -0.3 is 24.4 Å². The molecule has 0 heterocycles. The van der Waals surface area contributed by atoms with Crippen LogP contribution in [-0.4, -0.2) is 49.9 Å². The molecule has 0 aliphatic heterocycles. The molecule has 0 radical (unpaired) electrons. The van der Waals surface area contributed by atoms with E-state index in [1.54, 1.807) is 0 Å². The topological polar surface area (TPSA) is 102 Å². The number of aliphatic hydroxyl groups excluding tert-OH is 2. The molecule has 1 aromatic rings. The number of hydrogen-bond donors (Lipinski definition) is 2. The number of esters is 1. The van der Waals surface area contributed by atoms with Gasteiger partial charge in [-0.15, -0.1) is 0 Å². The summed E-state index contributed by atoms with van der Waals surface area (Å²) in [6.07, 6.45) is -2.62. The van der Waals surface area contributed by atoms with Gasteiger partial charge in [0.25, 0.3) is 0 Å². The van der Waals surface area contributed by atoms with E-state index in [1.807, 2.05) is 0 Å². The fraction of sp³-hybridized carbons (Fsp3) is 0.429. The lowest BCUT2D eigenvalue weighted by molar-refractivity contribution is -0.144. The Bertz CT molecular complexity index is 487. The van der Waals surface area contributed by atoms with Crippen LogP contribution in [0.5, 0.6) is 11.5 Å². The number of benzene rings is 1. The number of aldehydes is 1. The minimum Gasteiger partial charge on any atom is -0.496 e. The highest BCUT2D eigenvalue weighted by molar-refractivity contribution is 5.77. The van der Waals surface area contributed by atoms with Gasteiger partial charge in [-0.1, -0.05) is 0 Å². The van der Waals surface area contributed by atoms with E-state index in [9.17, 15) is 19.8 Å². The van der Waals surface area contributed by atoms with Crippen molar-refractivity contribution in [1.29, 1.82) is 0 Å². The first kappa shape index (κ1) is 16.9. The first-order chi connectivity index (χ1) is 9.98. The molecule has 116 valence electrons. The van der Waals surface area contributed by atoms with Crippen molar-refractivity contribution in [2.45, 2.75) is 18.6 Å². The van der Waals surface area contributed by atoms with Gasteiger partial charge in [-0.3, -0.25) is 9.59 Å². The summed E-state index contributed by atoms with van der Waals surface area (Å²) in [6.45, 7) is 0. The minimum atomic E-state index is -1.44. The standard InChI is InChI=1S/C14H18O7/c1-19-10-4-8(7-15)5-11(20-2)13(10)14(18)9(16)6-12(17)21-3/h4-5,7,9,14,16,18H,6H2,1-3H3. The molecule has 2 atom stereocenters. The normalized spacial score (nSPS) is 13.2. The Balaban J connectivity index is 3.20. The maximum Gasteiger partial charge on any atom is 0.308 e. The van der Waals surface area contributed by atoms with E-state index in [0.717, 1.165) is 0 Å². The Morgan fingerprint density at radius 1 is 1.19 bits per heavy atom. The van der Waals surface area contributed by atoms with Gasteiger partial charge >= 0.3 is 5.97 Å². The minimum absolute atomic E-state index is 0.155. The summed E-state index contributed by atoms with van der Waals surface area (Å²) in [5.41, 5.74) is 0.448. The Kier molecular flexibility index (Phi) is 6.13. The van der Waals surface area contributed by atoms with Gasteiger partial charge in [0.1, 0.15) is 23.9 Å². The molecule has 7 nitrogen and oxygen atoms in total. The number of methoxy groups -OCH3 is 3. The number of aliphatic hydroxyl groups is 2. The molecular weight excluding hydrogens is 280 g/mol. The molecule has 0 saturated heterocycles. The van der Waals surface area contributed by atoms with Crippen molar-refractivity contribution in [2.24, 2.45) is 0 Å². The van der Waals surface area contributed by atoms with E-state index < -0.39 is 18.2 Å². The van der Waals surface area contributed by atoms with Gasteiger partial charge in [-0.2, -0.15) is 0 Å². The molecule has 0 aliphatic rings. The van der Waals surface area contributed by atoms with E-state index >= 15 is 0 Å². The summed E-state index contributed by atoms with van der Waals surface area (Å²) < 4.78 is 14.7. The third-order valence-electron chi connectivity index (χ3n) is 2.97. The molecule has 0 aliphatic carbocycles. The SMILES string of the molecule is COC(=O)CC(O)C(O)c1c(OC)cc(C=O)cc1OC. The van der Waals surface area contributed by atoms with Crippen LogP contribution in [0.2, 0.25) is 0 Å². The van der Waals surface area contributed by atoms with Gasteiger partial charge in [-0.25, -0.2) is 0 Å². The monoisotopic (exact) mass is 298 g/mol. The van der Waals surface area contributed by atoms with Crippen LogP contribution in [0.1, 0.15) is 28.4 Å². The van der Waals surface area contributed by atoms with E-state index in [0.29, 0.717) is 11.8 Å². The van der Waals surface area contributed by atoms with Crippen LogP contribution in [0.15, 0.2) is 12.1 Å². The third kappa shape index (κ3) is 3.93. The van der Waals surface area contributed by atoms with Crippen LogP contribution in [0.3, 0.4) is 0 Å². The average Bonchev–Trinajstić information content (AvgIpc) is 2.52. The van der Waals surface area contributed by atoms with Gasteiger partial charge in [0.2, 0.25) is 0 Å². The summed E-state index contributed by atoms with van der Waals surface area (Å²) in [6, 6.07) is 2.80. The highest BCUT2D eigenvalue weighted by atomic mass is 16.5. The molecule has 2 N–H and O–H groups in total. The summed E-state index contributed by atoms with van der Waals surface area (Å²) >= 11 is 0. The third-order valence-corrected chi connectivity index (χ3v) is 2.97. The van der Waals surface area contributed by atoms with Gasteiger partial charge in [-0.05, 0) is 12.1 Å². The molecule has 0 saturated carbocycles. The fourth-order valence-electron chi connectivity index (χ4n) is 1.88. The number of carbonyl (C=O) groups excluding carboxylic acids is 2. The van der Waals surface area contributed by atoms with Crippen LogP contribution in [0.4, 0.5) is 0 Å². The van der Waals surface area contributed by atoms with Crippen LogP contribution in [-0.2, 0) is 9.53 Å². The summed E-state index contributed by atoms with van der Waals surface area (Å²) in [5, 5.41) is 20.1. The molecule has 21 heavy (non-hydrogen) atoms. The second-order valence-corrected chi connectivity index (χ2v) is 4.25. The fourth-order valence-corrected chi connectivity index (χ4v) is 1.88. The lowest BCUT2D eigenvalue weighted by atomic mass is 9.98. The lowest BCUT2D eigenvalue weighted by Gasteiger charge is -2.22. The molecule has 7 heteroatoms. The van der Waals surface area contributed by atoms with Crippen molar-refractivity contribution in [1.82, 2.24) is 0 Å². The molecule has 0 bridgehead atoms.